The summed E-state index contributed by atoms with van der Waals surface area (Å²) in [4.78, 5) is 3.61. The lowest BCUT2D eigenvalue weighted by Crippen LogP contribution is -2.28. The molecule has 0 bridgehead atoms. The summed E-state index contributed by atoms with van der Waals surface area (Å²) in [6, 6.07) is 57.0. The average Bonchev–Trinajstić information content (AvgIpc) is 3.81. The number of thioether (sulfide) groups is 1. The summed E-state index contributed by atoms with van der Waals surface area (Å²) in [5.74, 6) is 1.07. The van der Waals surface area contributed by atoms with Crippen LogP contribution in [0.3, 0.4) is 0 Å². The Bertz CT molecular complexity index is 3010. The van der Waals surface area contributed by atoms with Crippen molar-refractivity contribution >= 4 is 72.3 Å². The molecule has 9 aromatic rings. The largest absolute Gasteiger partial charge is 0.455 e. The second-order valence-corrected chi connectivity index (χ2v) is 15.6. The maximum Gasteiger partial charge on any atom is 0.143 e. The molecule has 4 heteroatoms. The molecule has 0 saturated heterocycles. The van der Waals surface area contributed by atoms with Crippen molar-refractivity contribution in [3.8, 4) is 22.3 Å². The lowest BCUT2D eigenvalue weighted by Gasteiger charge is -2.29. The molecule has 1 aromatic heterocycles. The molecule has 2 atom stereocenters. The van der Waals surface area contributed by atoms with Gasteiger partial charge >= 0.3 is 0 Å². The van der Waals surface area contributed by atoms with Gasteiger partial charge < -0.3 is 15.1 Å². The van der Waals surface area contributed by atoms with E-state index in [9.17, 15) is 0 Å². The first kappa shape index (κ1) is 32.0. The summed E-state index contributed by atoms with van der Waals surface area (Å²) >= 11 is 1.78. The Balaban J connectivity index is 0.921. The zero-order valence-electron chi connectivity index (χ0n) is 30.0. The Hall–Kier alpha value is -6.49. The van der Waals surface area contributed by atoms with E-state index >= 15 is 0 Å². The maximum absolute atomic E-state index is 6.97. The highest BCUT2D eigenvalue weighted by Crippen LogP contribution is 2.54. The van der Waals surface area contributed by atoms with E-state index in [1.54, 1.807) is 11.8 Å². The molecule has 0 saturated carbocycles. The number of nitrogen functional groups attached to an aromatic ring is 1. The molecule has 0 amide bonds. The number of nitrogens with two attached hydrogens (primary N) is 1. The number of hydrogen-bond donors (Lipinski definition) is 1. The average molecular weight is 725 g/mol. The number of hydrogen-bond acceptors (Lipinski definition) is 4. The molecule has 1 aliphatic carbocycles. The fourth-order valence-electron chi connectivity index (χ4n) is 8.88. The van der Waals surface area contributed by atoms with Crippen LogP contribution < -0.4 is 10.6 Å². The van der Waals surface area contributed by atoms with Crippen LogP contribution in [0.5, 0.6) is 0 Å². The number of fused-ring (bicyclic) bond motifs is 9. The Kier molecular flexibility index (Phi) is 7.46. The minimum absolute atomic E-state index is 0.225. The van der Waals surface area contributed by atoms with Crippen LogP contribution in [0.15, 0.2) is 191 Å². The summed E-state index contributed by atoms with van der Waals surface area (Å²) < 4.78 is 6.53. The van der Waals surface area contributed by atoms with Gasteiger partial charge in [-0.05, 0) is 80.4 Å². The Morgan fingerprint density at radius 2 is 1.35 bits per heavy atom. The third-order valence-electron chi connectivity index (χ3n) is 11.5. The summed E-state index contributed by atoms with van der Waals surface area (Å²) in [7, 11) is 0. The fraction of sp³-hybridized carbons (Fsp3) is 0.0588. The van der Waals surface area contributed by atoms with Gasteiger partial charge in [-0.1, -0.05) is 146 Å². The van der Waals surface area contributed by atoms with E-state index in [1.165, 1.54) is 55.2 Å². The van der Waals surface area contributed by atoms with Crippen molar-refractivity contribution < 1.29 is 4.42 Å². The van der Waals surface area contributed by atoms with Crippen molar-refractivity contribution in [2.45, 2.75) is 22.6 Å². The molecule has 55 heavy (non-hydrogen) atoms. The minimum Gasteiger partial charge on any atom is -0.455 e. The highest BCUT2D eigenvalue weighted by atomic mass is 32.2. The van der Waals surface area contributed by atoms with Crippen molar-refractivity contribution in [1.29, 1.82) is 0 Å². The van der Waals surface area contributed by atoms with Crippen LogP contribution in [0.4, 0.5) is 17.1 Å². The molecular weight excluding hydrogens is 689 g/mol. The molecule has 2 unspecified atom stereocenters. The number of para-hydroxylation sites is 2. The summed E-state index contributed by atoms with van der Waals surface area (Å²) in [6.07, 6.45) is 9.14. The molecular formula is C51H36N2OS. The van der Waals surface area contributed by atoms with Crippen LogP contribution in [0, 0.1) is 0 Å². The predicted molar refractivity (Wildman–Crippen MR) is 233 cm³/mol. The molecule has 8 aromatic carbocycles. The third kappa shape index (κ3) is 5.20. The van der Waals surface area contributed by atoms with Gasteiger partial charge in [-0.15, -0.1) is 11.8 Å². The van der Waals surface area contributed by atoms with Crippen LogP contribution in [0.25, 0.3) is 65.7 Å². The molecule has 1 aliphatic heterocycles. The van der Waals surface area contributed by atoms with Gasteiger partial charge in [-0.3, -0.25) is 0 Å². The smallest absolute Gasteiger partial charge is 0.143 e. The van der Waals surface area contributed by atoms with E-state index in [-0.39, 0.29) is 12.0 Å². The van der Waals surface area contributed by atoms with E-state index in [2.05, 4.69) is 187 Å². The van der Waals surface area contributed by atoms with E-state index in [0.717, 1.165) is 49.4 Å². The molecule has 11 rings (SSSR count). The lowest BCUT2D eigenvalue weighted by atomic mass is 9.85. The number of rotatable bonds is 6. The Morgan fingerprint density at radius 1 is 0.600 bits per heavy atom. The highest BCUT2D eigenvalue weighted by Gasteiger charge is 2.40. The van der Waals surface area contributed by atoms with Gasteiger partial charge in [0, 0.05) is 38.6 Å². The first-order chi connectivity index (χ1) is 27.2. The van der Waals surface area contributed by atoms with Crippen molar-refractivity contribution in [3.05, 3.63) is 193 Å². The van der Waals surface area contributed by atoms with Crippen LogP contribution in [0.2, 0.25) is 0 Å². The Labute approximate surface area is 324 Å². The van der Waals surface area contributed by atoms with Crippen molar-refractivity contribution in [2.75, 3.05) is 10.6 Å². The standard InChI is InChI=1S/C51H36N2OS/c52-49-46(28-27-45-48(49)42-19-10-18-40(51(42)54-45)37-26-25-33-11-4-5-12-35(33)29-37)55-31-32-21-23-34(24-22-32)43-30-36-13-6-7-16-39(36)50-47(43)41-17-8-9-20-44(41)53(50)38-14-2-1-3-15-38/h1-30,41,44H,31,52H2. The first-order valence-corrected chi connectivity index (χ1v) is 19.9. The van der Waals surface area contributed by atoms with Crippen LogP contribution in [0.1, 0.15) is 17.0 Å². The van der Waals surface area contributed by atoms with Gasteiger partial charge in [0.25, 0.3) is 0 Å². The van der Waals surface area contributed by atoms with Gasteiger partial charge in [0.2, 0.25) is 0 Å². The van der Waals surface area contributed by atoms with E-state index in [4.69, 9.17) is 10.2 Å². The molecule has 2 N–H and O–H groups in total. The monoisotopic (exact) mass is 724 g/mol. The second kappa shape index (κ2) is 12.8. The number of anilines is 3. The number of benzene rings is 8. The predicted octanol–water partition coefficient (Wildman–Crippen LogP) is 13.8. The van der Waals surface area contributed by atoms with E-state index in [0.29, 0.717) is 0 Å². The molecule has 0 radical (unpaired) electrons. The molecule has 2 heterocycles. The SMILES string of the molecule is Nc1c(SCc2ccc(-c3cc4ccccc4c4c3C3C=CC=CC3N4c3ccccc3)cc2)ccc2oc3c(-c4ccc5ccccc5c4)cccc3c12. The van der Waals surface area contributed by atoms with E-state index in [1.807, 2.05) is 0 Å². The third-order valence-corrected chi connectivity index (χ3v) is 12.6. The first-order valence-electron chi connectivity index (χ1n) is 18.9. The van der Waals surface area contributed by atoms with Crippen LogP contribution in [-0.2, 0) is 5.75 Å². The summed E-state index contributed by atoms with van der Waals surface area (Å²) in [5.41, 5.74) is 19.3. The molecule has 0 spiro atoms. The zero-order valence-corrected chi connectivity index (χ0v) is 30.8. The number of allylic oxidation sites excluding steroid dienone is 2. The summed E-state index contributed by atoms with van der Waals surface area (Å²) in [5, 5.41) is 7.01. The van der Waals surface area contributed by atoms with Gasteiger partial charge in [-0.2, -0.15) is 0 Å². The second-order valence-electron chi connectivity index (χ2n) is 14.6. The summed E-state index contributed by atoms with van der Waals surface area (Å²) in [6.45, 7) is 0. The number of nitrogens with zero attached hydrogens (tertiary/aromatic N) is 1. The lowest BCUT2D eigenvalue weighted by molar-refractivity contribution is 0.670. The molecule has 3 nitrogen and oxygen atoms in total. The topological polar surface area (TPSA) is 42.4 Å². The van der Waals surface area contributed by atoms with E-state index < -0.39 is 0 Å². The van der Waals surface area contributed by atoms with Crippen molar-refractivity contribution in [2.24, 2.45) is 0 Å². The van der Waals surface area contributed by atoms with Crippen molar-refractivity contribution in [3.63, 3.8) is 0 Å². The minimum atomic E-state index is 0.225. The highest BCUT2D eigenvalue weighted by molar-refractivity contribution is 7.98. The van der Waals surface area contributed by atoms with Crippen LogP contribution in [-0.4, -0.2) is 6.04 Å². The zero-order chi connectivity index (χ0) is 36.5. The van der Waals surface area contributed by atoms with Gasteiger partial charge in [-0.25, -0.2) is 0 Å². The van der Waals surface area contributed by atoms with Gasteiger partial charge in [0.15, 0.2) is 0 Å². The quantitative estimate of drug-likeness (QED) is 0.137. The number of furan rings is 1. The molecule has 0 fully saturated rings. The van der Waals surface area contributed by atoms with Gasteiger partial charge in [0.05, 0.1) is 22.8 Å². The Morgan fingerprint density at radius 3 is 2.22 bits per heavy atom. The van der Waals surface area contributed by atoms with Crippen LogP contribution >= 0.6 is 11.8 Å². The molecule has 2 aliphatic rings. The van der Waals surface area contributed by atoms with Gasteiger partial charge in [0.1, 0.15) is 11.2 Å². The molecule has 262 valence electrons. The van der Waals surface area contributed by atoms with Crippen molar-refractivity contribution in [1.82, 2.24) is 0 Å². The normalized spacial score (nSPS) is 16.0. The maximum atomic E-state index is 6.97. The fourth-order valence-corrected chi connectivity index (χ4v) is 9.81.